The van der Waals surface area contributed by atoms with E-state index in [4.69, 9.17) is 14.5 Å². The summed E-state index contributed by atoms with van der Waals surface area (Å²) in [4.78, 5) is 6.99. The van der Waals surface area contributed by atoms with E-state index in [-0.39, 0.29) is 17.2 Å². The van der Waals surface area contributed by atoms with Gasteiger partial charge < -0.3 is 24.6 Å². The normalized spacial score (nSPS) is 14.8. The van der Waals surface area contributed by atoms with Crippen molar-refractivity contribution >= 4 is 27.2 Å². The first-order valence-corrected chi connectivity index (χ1v) is 8.81. The number of rotatable bonds is 3. The maximum atomic E-state index is 9.89. The van der Waals surface area contributed by atoms with Gasteiger partial charge in [-0.1, -0.05) is 0 Å². The van der Waals surface area contributed by atoms with Crippen LogP contribution in [0.4, 0.5) is 5.69 Å². The van der Waals surface area contributed by atoms with Gasteiger partial charge in [-0.2, -0.15) is 0 Å². The van der Waals surface area contributed by atoms with Gasteiger partial charge in [0.25, 0.3) is 0 Å². The van der Waals surface area contributed by atoms with Crippen LogP contribution in [0.5, 0.6) is 17.2 Å². The molecule has 1 saturated heterocycles. The SMILES string of the molecule is COc1cc(-c2nc3cc(N4CCOCC4)ccc3s2)cc(O)c1O. The van der Waals surface area contributed by atoms with Gasteiger partial charge in [-0.25, -0.2) is 4.98 Å². The van der Waals surface area contributed by atoms with Crippen LogP contribution in [-0.2, 0) is 4.74 Å². The van der Waals surface area contributed by atoms with Gasteiger partial charge in [-0.3, -0.25) is 0 Å². The Morgan fingerprint density at radius 1 is 1.16 bits per heavy atom. The zero-order valence-electron chi connectivity index (χ0n) is 13.7. The minimum Gasteiger partial charge on any atom is -0.504 e. The van der Waals surface area contributed by atoms with E-state index in [0.29, 0.717) is 5.56 Å². The Morgan fingerprint density at radius 3 is 2.72 bits per heavy atom. The van der Waals surface area contributed by atoms with Gasteiger partial charge >= 0.3 is 0 Å². The molecule has 7 heteroatoms. The number of morpholine rings is 1. The third-order valence-electron chi connectivity index (χ3n) is 4.27. The highest BCUT2D eigenvalue weighted by Crippen LogP contribution is 2.41. The van der Waals surface area contributed by atoms with Crippen molar-refractivity contribution in [2.45, 2.75) is 0 Å². The van der Waals surface area contributed by atoms with E-state index in [9.17, 15) is 10.2 Å². The lowest BCUT2D eigenvalue weighted by atomic mass is 10.2. The van der Waals surface area contributed by atoms with E-state index in [1.165, 1.54) is 24.5 Å². The molecular formula is C18H18N2O4S. The molecule has 1 fully saturated rings. The molecule has 0 bridgehead atoms. The molecule has 1 aliphatic heterocycles. The number of hydrogen-bond acceptors (Lipinski definition) is 7. The van der Waals surface area contributed by atoms with E-state index in [2.05, 4.69) is 23.1 Å². The molecule has 130 valence electrons. The first kappa shape index (κ1) is 16.0. The lowest BCUT2D eigenvalue weighted by molar-refractivity contribution is 0.122. The number of anilines is 1. The smallest absolute Gasteiger partial charge is 0.200 e. The van der Waals surface area contributed by atoms with Crippen molar-refractivity contribution in [3.8, 4) is 27.8 Å². The zero-order chi connectivity index (χ0) is 17.4. The van der Waals surface area contributed by atoms with E-state index in [0.717, 1.165) is 47.2 Å². The number of phenols is 2. The fourth-order valence-corrected chi connectivity index (χ4v) is 3.86. The molecule has 0 amide bonds. The highest BCUT2D eigenvalue weighted by atomic mass is 32.1. The van der Waals surface area contributed by atoms with Crippen molar-refractivity contribution in [2.75, 3.05) is 38.3 Å². The molecule has 2 heterocycles. The Balaban J connectivity index is 1.73. The van der Waals surface area contributed by atoms with Gasteiger partial charge in [0, 0.05) is 24.3 Å². The zero-order valence-corrected chi connectivity index (χ0v) is 14.5. The maximum Gasteiger partial charge on any atom is 0.200 e. The third kappa shape index (κ3) is 2.96. The first-order valence-electron chi connectivity index (χ1n) is 7.99. The molecule has 0 atom stereocenters. The molecule has 6 nitrogen and oxygen atoms in total. The summed E-state index contributed by atoms with van der Waals surface area (Å²) in [5.74, 6) is -0.257. The minimum absolute atomic E-state index is 0.220. The average molecular weight is 358 g/mol. The fraction of sp³-hybridized carbons (Fsp3) is 0.278. The summed E-state index contributed by atoms with van der Waals surface area (Å²) in [6.45, 7) is 3.25. The standard InChI is InChI=1S/C18H18N2O4S/c1-23-15-9-11(8-14(21)17(15)22)18-19-13-10-12(2-3-16(13)25-18)20-4-6-24-7-5-20/h2-3,8-10,21-22H,4-7H2,1H3. The van der Waals surface area contributed by atoms with E-state index in [1.54, 1.807) is 6.07 Å². The number of phenolic OH excluding ortho intramolecular Hbond substituents is 2. The Bertz CT molecular complexity index is 919. The number of aromatic nitrogens is 1. The summed E-state index contributed by atoms with van der Waals surface area (Å²) in [6.07, 6.45) is 0. The van der Waals surface area contributed by atoms with Crippen molar-refractivity contribution < 1.29 is 19.7 Å². The van der Waals surface area contributed by atoms with Crippen molar-refractivity contribution in [3.05, 3.63) is 30.3 Å². The second-order valence-electron chi connectivity index (χ2n) is 5.82. The number of thiazole rings is 1. The van der Waals surface area contributed by atoms with Crippen molar-refractivity contribution in [1.82, 2.24) is 4.98 Å². The molecule has 0 spiro atoms. The third-order valence-corrected chi connectivity index (χ3v) is 5.35. The first-order chi connectivity index (χ1) is 12.2. The van der Waals surface area contributed by atoms with Crippen molar-refractivity contribution in [3.63, 3.8) is 0 Å². The minimum atomic E-state index is -0.262. The molecule has 0 saturated carbocycles. The molecule has 25 heavy (non-hydrogen) atoms. The number of aromatic hydroxyl groups is 2. The molecular weight excluding hydrogens is 340 g/mol. The second-order valence-corrected chi connectivity index (χ2v) is 6.85. The Morgan fingerprint density at radius 2 is 1.96 bits per heavy atom. The molecule has 3 aromatic rings. The van der Waals surface area contributed by atoms with Crippen LogP contribution in [0.2, 0.25) is 0 Å². The van der Waals surface area contributed by atoms with E-state index >= 15 is 0 Å². The molecule has 1 aliphatic rings. The maximum absolute atomic E-state index is 9.89. The lowest BCUT2D eigenvalue weighted by Gasteiger charge is -2.28. The Hall–Kier alpha value is -2.51. The second kappa shape index (κ2) is 6.42. The van der Waals surface area contributed by atoms with Gasteiger partial charge in [0.2, 0.25) is 5.75 Å². The topological polar surface area (TPSA) is 75.1 Å². The molecule has 1 aromatic heterocycles. The van der Waals surface area contributed by atoms with Gasteiger partial charge in [-0.05, 0) is 30.3 Å². The van der Waals surface area contributed by atoms with Crippen LogP contribution in [0.1, 0.15) is 0 Å². The van der Waals surface area contributed by atoms with Crippen LogP contribution in [-0.4, -0.2) is 48.6 Å². The van der Waals surface area contributed by atoms with E-state index < -0.39 is 0 Å². The predicted molar refractivity (Wildman–Crippen MR) is 98.0 cm³/mol. The molecule has 0 aliphatic carbocycles. The molecule has 0 radical (unpaired) electrons. The number of ether oxygens (including phenoxy) is 2. The van der Waals surface area contributed by atoms with Crippen LogP contribution >= 0.6 is 11.3 Å². The summed E-state index contributed by atoms with van der Waals surface area (Å²) in [6, 6.07) is 9.43. The summed E-state index contributed by atoms with van der Waals surface area (Å²) >= 11 is 1.54. The molecule has 2 N–H and O–H groups in total. The van der Waals surface area contributed by atoms with Gasteiger partial charge in [0.1, 0.15) is 5.01 Å². The Kier molecular flexibility index (Phi) is 4.10. The average Bonchev–Trinajstić information content (AvgIpc) is 3.08. The number of hydrogen-bond donors (Lipinski definition) is 2. The molecule has 2 aromatic carbocycles. The van der Waals surface area contributed by atoms with E-state index in [1.807, 2.05) is 0 Å². The molecule has 0 unspecified atom stereocenters. The van der Waals surface area contributed by atoms with Crippen LogP contribution in [0.3, 0.4) is 0 Å². The summed E-state index contributed by atoms with van der Waals surface area (Å²) in [5.41, 5.74) is 2.76. The highest BCUT2D eigenvalue weighted by molar-refractivity contribution is 7.21. The van der Waals surface area contributed by atoms with Crippen LogP contribution in [0.25, 0.3) is 20.8 Å². The quantitative estimate of drug-likeness (QED) is 0.700. The van der Waals surface area contributed by atoms with Crippen molar-refractivity contribution in [2.24, 2.45) is 0 Å². The van der Waals surface area contributed by atoms with Gasteiger partial charge in [-0.15, -0.1) is 11.3 Å². The number of benzene rings is 2. The van der Waals surface area contributed by atoms with Crippen LogP contribution in [0.15, 0.2) is 30.3 Å². The Labute approximate surface area is 148 Å². The number of methoxy groups -OCH3 is 1. The van der Waals surface area contributed by atoms with Crippen LogP contribution < -0.4 is 9.64 Å². The summed E-state index contributed by atoms with van der Waals surface area (Å²) in [7, 11) is 1.45. The highest BCUT2D eigenvalue weighted by Gasteiger charge is 2.16. The van der Waals surface area contributed by atoms with Gasteiger partial charge in [0.05, 0.1) is 30.5 Å². The van der Waals surface area contributed by atoms with Crippen molar-refractivity contribution in [1.29, 1.82) is 0 Å². The van der Waals surface area contributed by atoms with Crippen LogP contribution in [0, 0.1) is 0 Å². The largest absolute Gasteiger partial charge is 0.504 e. The van der Waals surface area contributed by atoms with Gasteiger partial charge in [0.15, 0.2) is 11.5 Å². The number of fused-ring (bicyclic) bond motifs is 1. The summed E-state index contributed by atoms with van der Waals surface area (Å²) in [5, 5.41) is 20.4. The summed E-state index contributed by atoms with van der Waals surface area (Å²) < 4.78 is 11.6. The predicted octanol–water partition coefficient (Wildman–Crippen LogP) is 3.22. The monoisotopic (exact) mass is 358 g/mol. The lowest BCUT2D eigenvalue weighted by Crippen LogP contribution is -2.36. The molecule has 4 rings (SSSR count). The number of nitrogens with zero attached hydrogens (tertiary/aromatic N) is 2. The fourth-order valence-electron chi connectivity index (χ4n) is 2.93.